The Morgan fingerprint density at radius 2 is 1.91 bits per heavy atom. The SMILES string of the molecule is CC(=O)N1CCN(C(=O)CNc2ncnc3sc(C)cc23)CC1. The van der Waals surface area contributed by atoms with E-state index in [0.717, 1.165) is 15.1 Å². The Morgan fingerprint density at radius 3 is 2.61 bits per heavy atom. The molecule has 7 nitrogen and oxygen atoms in total. The van der Waals surface area contributed by atoms with E-state index in [-0.39, 0.29) is 18.4 Å². The number of anilines is 1. The van der Waals surface area contributed by atoms with Gasteiger partial charge in [-0.2, -0.15) is 0 Å². The number of carbonyl (C=O) groups is 2. The number of aryl methyl sites for hydroxylation is 1. The maximum atomic E-state index is 12.3. The molecule has 0 saturated carbocycles. The van der Waals surface area contributed by atoms with Crippen molar-refractivity contribution in [3.8, 4) is 0 Å². The third-order valence-electron chi connectivity index (χ3n) is 3.94. The minimum atomic E-state index is 0.0203. The number of nitrogens with zero attached hydrogens (tertiary/aromatic N) is 4. The van der Waals surface area contributed by atoms with Crippen LogP contribution in [0.4, 0.5) is 5.82 Å². The molecule has 0 aromatic carbocycles. The van der Waals surface area contributed by atoms with E-state index in [1.807, 2.05) is 13.0 Å². The molecule has 0 aliphatic carbocycles. The largest absolute Gasteiger partial charge is 0.360 e. The zero-order chi connectivity index (χ0) is 16.4. The Morgan fingerprint density at radius 1 is 1.22 bits per heavy atom. The van der Waals surface area contributed by atoms with Crippen LogP contribution in [0, 0.1) is 6.92 Å². The number of aromatic nitrogens is 2. The van der Waals surface area contributed by atoms with E-state index in [1.165, 1.54) is 6.33 Å². The fourth-order valence-electron chi connectivity index (χ4n) is 2.66. The highest BCUT2D eigenvalue weighted by Gasteiger charge is 2.22. The van der Waals surface area contributed by atoms with Gasteiger partial charge < -0.3 is 15.1 Å². The minimum Gasteiger partial charge on any atom is -0.360 e. The van der Waals surface area contributed by atoms with Crippen molar-refractivity contribution in [3.05, 3.63) is 17.3 Å². The molecular weight excluding hydrogens is 314 g/mol. The van der Waals surface area contributed by atoms with Gasteiger partial charge in [0.15, 0.2) is 0 Å². The first-order chi connectivity index (χ1) is 11.0. The van der Waals surface area contributed by atoms with Crippen molar-refractivity contribution in [1.29, 1.82) is 0 Å². The van der Waals surface area contributed by atoms with Crippen LogP contribution in [-0.2, 0) is 9.59 Å². The van der Waals surface area contributed by atoms with Crippen molar-refractivity contribution in [2.24, 2.45) is 0 Å². The number of hydrogen-bond acceptors (Lipinski definition) is 6. The molecule has 0 unspecified atom stereocenters. The second-order valence-corrected chi connectivity index (χ2v) is 6.77. The van der Waals surface area contributed by atoms with Gasteiger partial charge >= 0.3 is 0 Å². The highest BCUT2D eigenvalue weighted by Crippen LogP contribution is 2.27. The lowest BCUT2D eigenvalue weighted by Gasteiger charge is -2.34. The number of hydrogen-bond donors (Lipinski definition) is 1. The molecule has 0 radical (unpaired) electrons. The first-order valence-electron chi connectivity index (χ1n) is 7.53. The summed E-state index contributed by atoms with van der Waals surface area (Å²) in [5.74, 6) is 0.772. The molecule has 1 saturated heterocycles. The van der Waals surface area contributed by atoms with Gasteiger partial charge in [0.1, 0.15) is 17.0 Å². The molecule has 8 heteroatoms. The van der Waals surface area contributed by atoms with Crippen molar-refractivity contribution in [2.75, 3.05) is 38.0 Å². The smallest absolute Gasteiger partial charge is 0.242 e. The highest BCUT2D eigenvalue weighted by molar-refractivity contribution is 7.18. The van der Waals surface area contributed by atoms with Crippen LogP contribution in [0.25, 0.3) is 10.2 Å². The summed E-state index contributed by atoms with van der Waals surface area (Å²) in [5, 5.41) is 4.06. The van der Waals surface area contributed by atoms with Crippen molar-refractivity contribution < 1.29 is 9.59 Å². The van der Waals surface area contributed by atoms with Crippen molar-refractivity contribution in [3.63, 3.8) is 0 Å². The molecular formula is C15H19N5O2S. The molecule has 122 valence electrons. The second kappa shape index (κ2) is 6.49. The number of rotatable bonds is 3. The fourth-order valence-corrected chi connectivity index (χ4v) is 3.51. The third-order valence-corrected chi connectivity index (χ3v) is 4.90. The molecule has 1 fully saturated rings. The van der Waals surface area contributed by atoms with Gasteiger partial charge in [0.05, 0.1) is 11.9 Å². The molecule has 1 aliphatic rings. The monoisotopic (exact) mass is 333 g/mol. The first-order valence-corrected chi connectivity index (χ1v) is 8.34. The van der Waals surface area contributed by atoms with Gasteiger partial charge in [-0.3, -0.25) is 9.59 Å². The standard InChI is InChI=1S/C15H19N5O2S/c1-10-7-12-14(17-9-18-15(12)23-10)16-8-13(22)20-5-3-19(4-6-20)11(2)21/h7,9H,3-6,8H2,1-2H3,(H,16,17,18). The molecule has 1 aliphatic heterocycles. The summed E-state index contributed by atoms with van der Waals surface area (Å²) in [7, 11) is 0. The zero-order valence-corrected chi connectivity index (χ0v) is 14.0. The molecule has 2 aromatic heterocycles. The van der Waals surface area contributed by atoms with E-state index in [4.69, 9.17) is 0 Å². The minimum absolute atomic E-state index is 0.0203. The molecule has 1 N–H and O–H groups in total. The van der Waals surface area contributed by atoms with E-state index in [1.54, 1.807) is 28.1 Å². The molecule has 2 amide bonds. The van der Waals surface area contributed by atoms with Crippen LogP contribution in [0.2, 0.25) is 0 Å². The summed E-state index contributed by atoms with van der Waals surface area (Å²) in [6.07, 6.45) is 1.51. The number of amides is 2. The molecule has 3 heterocycles. The summed E-state index contributed by atoms with van der Waals surface area (Å²) >= 11 is 1.61. The third kappa shape index (κ3) is 3.42. The zero-order valence-electron chi connectivity index (χ0n) is 13.2. The topological polar surface area (TPSA) is 78.4 Å². The summed E-state index contributed by atoms with van der Waals surface area (Å²) in [6, 6.07) is 2.03. The van der Waals surface area contributed by atoms with Crippen LogP contribution in [-0.4, -0.2) is 64.3 Å². The Balaban J connectivity index is 1.59. The number of nitrogens with one attached hydrogen (secondary N) is 1. The van der Waals surface area contributed by atoms with E-state index >= 15 is 0 Å². The Bertz CT molecular complexity index is 737. The average Bonchev–Trinajstić information content (AvgIpc) is 2.93. The predicted molar refractivity (Wildman–Crippen MR) is 89.5 cm³/mol. The van der Waals surface area contributed by atoms with E-state index in [9.17, 15) is 9.59 Å². The Hall–Kier alpha value is -2.22. The normalized spacial score (nSPS) is 15.0. The number of carbonyl (C=O) groups excluding carboxylic acids is 2. The van der Waals surface area contributed by atoms with E-state index in [0.29, 0.717) is 32.0 Å². The van der Waals surface area contributed by atoms with Gasteiger partial charge in [-0.05, 0) is 13.0 Å². The Labute approximate surface area is 138 Å². The molecule has 0 bridgehead atoms. The molecule has 23 heavy (non-hydrogen) atoms. The predicted octanol–water partition coefficient (Wildman–Crippen LogP) is 1.10. The number of piperazine rings is 1. The van der Waals surface area contributed by atoms with Gasteiger partial charge in [0, 0.05) is 38.0 Å². The Kier molecular flexibility index (Phi) is 4.42. The molecule has 0 atom stereocenters. The summed E-state index contributed by atoms with van der Waals surface area (Å²) < 4.78 is 0. The molecule has 2 aromatic rings. The maximum absolute atomic E-state index is 12.3. The quantitative estimate of drug-likeness (QED) is 0.910. The highest BCUT2D eigenvalue weighted by atomic mass is 32.1. The number of thiophene rings is 1. The maximum Gasteiger partial charge on any atom is 0.242 e. The van der Waals surface area contributed by atoms with Crippen LogP contribution >= 0.6 is 11.3 Å². The van der Waals surface area contributed by atoms with Gasteiger partial charge in [0.2, 0.25) is 11.8 Å². The molecule has 0 spiro atoms. The second-order valence-electron chi connectivity index (χ2n) is 5.54. The van der Waals surface area contributed by atoms with Gasteiger partial charge in [-0.15, -0.1) is 11.3 Å². The van der Waals surface area contributed by atoms with Crippen molar-refractivity contribution in [1.82, 2.24) is 19.8 Å². The summed E-state index contributed by atoms with van der Waals surface area (Å²) in [5.41, 5.74) is 0. The van der Waals surface area contributed by atoms with Gasteiger partial charge in [0.25, 0.3) is 0 Å². The van der Waals surface area contributed by atoms with E-state index < -0.39 is 0 Å². The van der Waals surface area contributed by atoms with Crippen LogP contribution in [0.3, 0.4) is 0 Å². The van der Waals surface area contributed by atoms with Crippen molar-refractivity contribution >= 4 is 39.2 Å². The van der Waals surface area contributed by atoms with Crippen molar-refractivity contribution in [2.45, 2.75) is 13.8 Å². The summed E-state index contributed by atoms with van der Waals surface area (Å²) in [4.78, 5) is 37.7. The van der Waals surface area contributed by atoms with Crippen LogP contribution in [0.15, 0.2) is 12.4 Å². The fraction of sp³-hybridized carbons (Fsp3) is 0.467. The van der Waals surface area contributed by atoms with Gasteiger partial charge in [-0.1, -0.05) is 0 Å². The average molecular weight is 333 g/mol. The van der Waals surface area contributed by atoms with Crippen LogP contribution < -0.4 is 5.32 Å². The lowest BCUT2D eigenvalue weighted by atomic mass is 10.3. The van der Waals surface area contributed by atoms with Crippen LogP contribution in [0.1, 0.15) is 11.8 Å². The lowest BCUT2D eigenvalue weighted by Crippen LogP contribution is -2.51. The summed E-state index contributed by atoms with van der Waals surface area (Å²) in [6.45, 7) is 6.14. The molecule has 3 rings (SSSR count). The first kappa shape index (κ1) is 15.7. The number of fused-ring (bicyclic) bond motifs is 1. The van der Waals surface area contributed by atoms with Gasteiger partial charge in [-0.25, -0.2) is 9.97 Å². The van der Waals surface area contributed by atoms with Crippen LogP contribution in [0.5, 0.6) is 0 Å². The lowest BCUT2D eigenvalue weighted by molar-refractivity contribution is -0.137. The van der Waals surface area contributed by atoms with E-state index in [2.05, 4.69) is 15.3 Å².